The van der Waals surface area contributed by atoms with Gasteiger partial charge in [0.05, 0.1) is 22.3 Å². The molecule has 0 amide bonds. The Hall–Kier alpha value is -2.53. The maximum atomic E-state index is 12.9. The summed E-state index contributed by atoms with van der Waals surface area (Å²) < 4.78 is 5.99. The number of aromatic amines is 1. The predicted octanol–water partition coefficient (Wildman–Crippen LogP) is 4.75. The molecule has 0 saturated carbocycles. The molecule has 180 valence electrons. The molecule has 0 aliphatic carbocycles. The summed E-state index contributed by atoms with van der Waals surface area (Å²) in [7, 11) is 0. The molecule has 1 aliphatic rings. The number of anilines is 1. The molecule has 4 rings (SSSR count). The lowest BCUT2D eigenvalue weighted by Gasteiger charge is -2.38. The molecule has 2 atom stereocenters. The van der Waals surface area contributed by atoms with Crippen LogP contribution in [0.15, 0.2) is 18.6 Å². The second-order valence-electron chi connectivity index (χ2n) is 7.94. The number of hydrogen-bond acceptors (Lipinski definition) is 8. The van der Waals surface area contributed by atoms with Gasteiger partial charge in [-0.3, -0.25) is 14.8 Å². The summed E-state index contributed by atoms with van der Waals surface area (Å²) in [6.07, 6.45) is 5.21. The number of thiazole rings is 1. The number of rotatable bonds is 8. The lowest BCUT2D eigenvalue weighted by Crippen LogP contribution is -2.46. The number of ether oxygens (including phenoxy) is 1. The number of carboxylic acids is 1. The first-order valence-electron chi connectivity index (χ1n) is 10.7. The van der Waals surface area contributed by atoms with Crippen molar-refractivity contribution in [3.8, 4) is 11.4 Å². The van der Waals surface area contributed by atoms with E-state index in [-0.39, 0.29) is 34.1 Å². The van der Waals surface area contributed by atoms with E-state index >= 15 is 0 Å². The number of carbonyl (C=O) groups is 2. The standard InChI is InChI=1S/C22H23Cl2N5O4S/c1-3-33-15-10-29(7-4-12(15)8-14(30)19-17(24)16(23)11(2)27-19)22-28-18(20(34-22)21(31)32)13-9-25-5-6-26-13/h5-6,9,12,15,27H,3-4,7-8,10H2,1-2H3,(H,31,32)/t12-,15-/m0/s1. The molecule has 0 bridgehead atoms. The molecule has 0 unspecified atom stereocenters. The third-order valence-corrected chi connectivity index (χ3v) is 7.79. The van der Waals surface area contributed by atoms with Gasteiger partial charge in [-0.2, -0.15) is 0 Å². The topological polar surface area (TPSA) is 121 Å². The number of nitrogens with zero attached hydrogens (tertiary/aromatic N) is 4. The van der Waals surface area contributed by atoms with E-state index in [1.807, 2.05) is 11.8 Å². The summed E-state index contributed by atoms with van der Waals surface area (Å²) >= 11 is 13.5. The van der Waals surface area contributed by atoms with E-state index in [1.54, 1.807) is 6.92 Å². The molecule has 1 saturated heterocycles. The molecule has 4 heterocycles. The Morgan fingerprint density at radius 1 is 1.32 bits per heavy atom. The number of piperidine rings is 1. The number of carboxylic acid groups (broad SMARTS) is 1. The molecule has 9 nitrogen and oxygen atoms in total. The van der Waals surface area contributed by atoms with Crippen LogP contribution in [-0.2, 0) is 4.74 Å². The summed E-state index contributed by atoms with van der Waals surface area (Å²) in [5, 5.41) is 10.9. The zero-order chi connectivity index (χ0) is 24.4. The van der Waals surface area contributed by atoms with Crippen LogP contribution in [0.25, 0.3) is 11.4 Å². The largest absolute Gasteiger partial charge is 0.477 e. The fraction of sp³-hybridized carbons (Fsp3) is 0.409. The average molecular weight is 524 g/mol. The second kappa shape index (κ2) is 10.4. The summed E-state index contributed by atoms with van der Waals surface area (Å²) in [5.41, 5.74) is 1.67. The van der Waals surface area contributed by atoms with Crippen LogP contribution in [0.5, 0.6) is 0 Å². The van der Waals surface area contributed by atoms with E-state index < -0.39 is 5.97 Å². The average Bonchev–Trinajstić information content (AvgIpc) is 3.39. The Morgan fingerprint density at radius 3 is 2.74 bits per heavy atom. The van der Waals surface area contributed by atoms with Crippen molar-refractivity contribution in [2.75, 3.05) is 24.6 Å². The quantitative estimate of drug-likeness (QED) is 0.405. The zero-order valence-electron chi connectivity index (χ0n) is 18.5. The maximum absolute atomic E-state index is 12.9. The lowest BCUT2D eigenvalue weighted by atomic mass is 9.88. The molecule has 12 heteroatoms. The van der Waals surface area contributed by atoms with Gasteiger partial charge in [-0.1, -0.05) is 34.5 Å². The van der Waals surface area contributed by atoms with Crippen LogP contribution >= 0.6 is 34.5 Å². The fourth-order valence-electron chi connectivity index (χ4n) is 4.06. The monoisotopic (exact) mass is 523 g/mol. The molecule has 0 aromatic carbocycles. The first kappa shape index (κ1) is 24.6. The van der Waals surface area contributed by atoms with Crippen LogP contribution in [0.1, 0.15) is 45.6 Å². The number of hydrogen-bond donors (Lipinski definition) is 2. The lowest BCUT2D eigenvalue weighted by molar-refractivity contribution is 0.0103. The van der Waals surface area contributed by atoms with Crippen molar-refractivity contribution in [2.45, 2.75) is 32.8 Å². The van der Waals surface area contributed by atoms with Crippen LogP contribution in [0.4, 0.5) is 5.13 Å². The van der Waals surface area contributed by atoms with Crippen molar-refractivity contribution in [2.24, 2.45) is 5.92 Å². The molecular formula is C22H23Cl2N5O4S. The third kappa shape index (κ3) is 4.95. The van der Waals surface area contributed by atoms with Gasteiger partial charge < -0.3 is 19.7 Å². The normalized spacial score (nSPS) is 18.3. The number of Topliss-reactive ketones (excluding diaryl/α,β-unsaturated/α-hetero) is 1. The summed E-state index contributed by atoms with van der Waals surface area (Å²) in [6.45, 7) is 5.24. The van der Waals surface area contributed by atoms with Crippen LogP contribution in [0.3, 0.4) is 0 Å². The number of ketones is 1. The van der Waals surface area contributed by atoms with Crippen molar-refractivity contribution in [3.05, 3.63) is 44.9 Å². The van der Waals surface area contributed by atoms with Gasteiger partial charge in [0, 0.05) is 44.2 Å². The van der Waals surface area contributed by atoms with Gasteiger partial charge in [-0.25, -0.2) is 9.78 Å². The minimum Gasteiger partial charge on any atom is -0.477 e. The van der Waals surface area contributed by atoms with Gasteiger partial charge in [0.15, 0.2) is 10.9 Å². The highest BCUT2D eigenvalue weighted by molar-refractivity contribution is 7.17. The van der Waals surface area contributed by atoms with Crippen molar-refractivity contribution in [1.29, 1.82) is 0 Å². The van der Waals surface area contributed by atoms with E-state index in [1.165, 1.54) is 18.6 Å². The smallest absolute Gasteiger partial charge is 0.348 e. The first-order valence-corrected chi connectivity index (χ1v) is 12.3. The second-order valence-corrected chi connectivity index (χ2v) is 9.67. The minimum absolute atomic E-state index is 0.0273. The number of aryl methyl sites for hydroxylation is 1. The highest BCUT2D eigenvalue weighted by Gasteiger charge is 2.34. The Labute approximate surface area is 210 Å². The van der Waals surface area contributed by atoms with Gasteiger partial charge in [-0.05, 0) is 26.2 Å². The summed E-state index contributed by atoms with van der Waals surface area (Å²) in [4.78, 5) is 42.7. The molecular weight excluding hydrogens is 501 g/mol. The van der Waals surface area contributed by atoms with Crippen molar-refractivity contribution in [3.63, 3.8) is 0 Å². The minimum atomic E-state index is -1.07. The molecule has 2 N–H and O–H groups in total. The number of aromatic carboxylic acids is 1. The number of nitrogens with one attached hydrogen (secondary N) is 1. The highest BCUT2D eigenvalue weighted by Crippen LogP contribution is 2.36. The van der Waals surface area contributed by atoms with E-state index in [4.69, 9.17) is 27.9 Å². The molecule has 1 aliphatic heterocycles. The van der Waals surface area contributed by atoms with E-state index in [9.17, 15) is 14.7 Å². The van der Waals surface area contributed by atoms with E-state index in [0.717, 1.165) is 11.3 Å². The first-order chi connectivity index (χ1) is 16.3. The molecule has 34 heavy (non-hydrogen) atoms. The van der Waals surface area contributed by atoms with Gasteiger partial charge in [0.2, 0.25) is 0 Å². The molecule has 1 fully saturated rings. The zero-order valence-corrected chi connectivity index (χ0v) is 20.9. The van der Waals surface area contributed by atoms with E-state index in [2.05, 4.69) is 19.9 Å². The van der Waals surface area contributed by atoms with Crippen molar-refractivity contribution < 1.29 is 19.4 Å². The Balaban J connectivity index is 1.53. The number of carbonyl (C=O) groups excluding carboxylic acids is 1. The van der Waals surface area contributed by atoms with Gasteiger partial charge >= 0.3 is 5.97 Å². The summed E-state index contributed by atoms with van der Waals surface area (Å²) in [6, 6.07) is 0. The molecule has 3 aromatic rings. The van der Waals surface area contributed by atoms with Gasteiger partial charge in [0.1, 0.15) is 22.0 Å². The van der Waals surface area contributed by atoms with Crippen LogP contribution in [-0.4, -0.2) is 62.6 Å². The molecule has 0 radical (unpaired) electrons. The van der Waals surface area contributed by atoms with Gasteiger partial charge in [-0.15, -0.1) is 0 Å². The van der Waals surface area contributed by atoms with E-state index in [0.29, 0.717) is 59.0 Å². The van der Waals surface area contributed by atoms with Gasteiger partial charge in [0.25, 0.3) is 0 Å². The molecule has 0 spiro atoms. The maximum Gasteiger partial charge on any atom is 0.348 e. The third-order valence-electron chi connectivity index (χ3n) is 5.74. The number of halogens is 2. The summed E-state index contributed by atoms with van der Waals surface area (Å²) in [5.74, 6) is -1.21. The number of H-pyrrole nitrogens is 1. The van der Waals surface area contributed by atoms with Crippen LogP contribution in [0, 0.1) is 12.8 Å². The fourth-order valence-corrected chi connectivity index (χ4v) is 5.45. The Kier molecular flexibility index (Phi) is 7.51. The Morgan fingerprint density at radius 2 is 2.12 bits per heavy atom. The van der Waals surface area contributed by atoms with Crippen LogP contribution < -0.4 is 4.90 Å². The SMILES string of the molecule is CCO[C@H]1CN(c2nc(-c3cnccn3)c(C(=O)O)s2)CC[C@H]1CC(=O)c1[nH]c(C)c(Cl)c1Cl. The predicted molar refractivity (Wildman–Crippen MR) is 130 cm³/mol. The van der Waals surface area contributed by atoms with Crippen LogP contribution in [0.2, 0.25) is 10.0 Å². The van der Waals surface area contributed by atoms with Crippen molar-refractivity contribution >= 4 is 51.4 Å². The van der Waals surface area contributed by atoms with Crippen molar-refractivity contribution in [1.82, 2.24) is 19.9 Å². The highest BCUT2D eigenvalue weighted by atomic mass is 35.5. The Bertz CT molecular complexity index is 1200. The molecule has 3 aromatic heterocycles. The number of aromatic nitrogens is 4.